The van der Waals surface area contributed by atoms with Crippen LogP contribution in [0.2, 0.25) is 0 Å². The molecule has 1 aromatic heterocycles. The number of benzene rings is 1. The zero-order chi connectivity index (χ0) is 14.7. The second-order valence-corrected chi connectivity index (χ2v) is 5.60. The van der Waals surface area contributed by atoms with Crippen molar-refractivity contribution in [1.29, 1.82) is 0 Å². The van der Waals surface area contributed by atoms with Gasteiger partial charge in [0, 0.05) is 30.9 Å². The third-order valence-corrected chi connectivity index (χ3v) is 4.18. The Labute approximate surface area is 126 Å². The van der Waals surface area contributed by atoms with Crippen molar-refractivity contribution < 1.29 is 4.74 Å². The molecule has 0 saturated heterocycles. The molecule has 110 valence electrons. The summed E-state index contributed by atoms with van der Waals surface area (Å²) >= 11 is 0. The second kappa shape index (κ2) is 6.27. The van der Waals surface area contributed by atoms with Crippen LogP contribution < -0.4 is 10.1 Å². The average molecular weight is 282 g/mol. The quantitative estimate of drug-likeness (QED) is 0.905. The fourth-order valence-corrected chi connectivity index (χ4v) is 2.92. The Morgan fingerprint density at radius 3 is 2.76 bits per heavy atom. The van der Waals surface area contributed by atoms with Gasteiger partial charge in [-0.2, -0.15) is 0 Å². The second-order valence-electron chi connectivity index (χ2n) is 5.60. The normalized spacial score (nSPS) is 16.1. The van der Waals surface area contributed by atoms with Gasteiger partial charge in [0.25, 0.3) is 0 Å². The van der Waals surface area contributed by atoms with Gasteiger partial charge in [0.05, 0.1) is 6.61 Å². The third kappa shape index (κ3) is 3.08. The Bertz CT molecular complexity index is 597. The molecule has 2 unspecified atom stereocenters. The van der Waals surface area contributed by atoms with Crippen molar-refractivity contribution in [2.24, 2.45) is 0 Å². The number of hydrogen-bond donors (Lipinski definition) is 1. The number of fused-ring (bicyclic) bond motifs is 1. The summed E-state index contributed by atoms with van der Waals surface area (Å²) in [6, 6.07) is 11.4. The van der Waals surface area contributed by atoms with Crippen molar-refractivity contribution in [2.75, 3.05) is 6.61 Å². The van der Waals surface area contributed by atoms with E-state index in [1.165, 1.54) is 16.7 Å². The van der Waals surface area contributed by atoms with Gasteiger partial charge in [0.15, 0.2) is 0 Å². The summed E-state index contributed by atoms with van der Waals surface area (Å²) in [7, 11) is 0. The maximum absolute atomic E-state index is 5.59. The highest BCUT2D eigenvalue weighted by atomic mass is 16.5. The molecule has 0 spiro atoms. The van der Waals surface area contributed by atoms with Crippen molar-refractivity contribution >= 4 is 0 Å². The van der Waals surface area contributed by atoms with E-state index in [0.29, 0.717) is 12.1 Å². The molecule has 0 bridgehead atoms. The number of ether oxygens (including phenoxy) is 1. The molecule has 1 aliphatic rings. The van der Waals surface area contributed by atoms with Crippen LogP contribution in [0.4, 0.5) is 0 Å². The number of hydrogen-bond acceptors (Lipinski definition) is 3. The molecule has 21 heavy (non-hydrogen) atoms. The Morgan fingerprint density at radius 2 is 2.00 bits per heavy atom. The van der Waals surface area contributed by atoms with Crippen molar-refractivity contribution in [3.05, 3.63) is 59.4 Å². The molecule has 1 aromatic carbocycles. The Balaban J connectivity index is 1.76. The van der Waals surface area contributed by atoms with Gasteiger partial charge in [-0.15, -0.1) is 0 Å². The molecule has 0 saturated carbocycles. The molecule has 0 radical (unpaired) electrons. The molecule has 0 amide bonds. The van der Waals surface area contributed by atoms with E-state index in [1.807, 2.05) is 12.4 Å². The minimum absolute atomic E-state index is 0.308. The van der Waals surface area contributed by atoms with Crippen LogP contribution in [0.25, 0.3) is 0 Å². The van der Waals surface area contributed by atoms with Crippen LogP contribution in [0, 0.1) is 0 Å². The Morgan fingerprint density at radius 1 is 1.19 bits per heavy atom. The lowest BCUT2D eigenvalue weighted by Gasteiger charge is -2.23. The maximum atomic E-state index is 5.59. The highest BCUT2D eigenvalue weighted by molar-refractivity contribution is 5.40. The predicted octanol–water partition coefficient (Wildman–Crippen LogP) is 3.82. The van der Waals surface area contributed by atoms with Gasteiger partial charge in [-0.25, -0.2) is 0 Å². The lowest BCUT2D eigenvalue weighted by molar-refractivity contribution is 0.356. The molecule has 2 aromatic rings. The number of nitrogens with zero attached hydrogens (tertiary/aromatic N) is 1. The summed E-state index contributed by atoms with van der Waals surface area (Å²) in [5.74, 6) is 1.05. The van der Waals surface area contributed by atoms with Gasteiger partial charge in [0.1, 0.15) is 5.75 Å². The van der Waals surface area contributed by atoms with Crippen LogP contribution in [-0.2, 0) is 6.42 Å². The van der Waals surface area contributed by atoms with Crippen molar-refractivity contribution in [3.63, 3.8) is 0 Å². The van der Waals surface area contributed by atoms with E-state index >= 15 is 0 Å². The monoisotopic (exact) mass is 282 g/mol. The van der Waals surface area contributed by atoms with E-state index in [4.69, 9.17) is 4.74 Å². The molecule has 3 nitrogen and oxygen atoms in total. The highest BCUT2D eigenvalue weighted by Gasteiger charge is 2.17. The van der Waals surface area contributed by atoms with E-state index in [-0.39, 0.29) is 0 Å². The average Bonchev–Trinajstić information content (AvgIpc) is 3.00. The maximum Gasteiger partial charge on any atom is 0.122 e. The minimum atomic E-state index is 0.308. The molecule has 1 aliphatic heterocycles. The first-order chi connectivity index (χ1) is 10.3. The third-order valence-electron chi connectivity index (χ3n) is 4.18. The summed E-state index contributed by atoms with van der Waals surface area (Å²) in [4.78, 5) is 4.08. The van der Waals surface area contributed by atoms with E-state index < -0.39 is 0 Å². The van der Waals surface area contributed by atoms with Crippen molar-refractivity contribution in [1.82, 2.24) is 10.3 Å². The fraction of sp³-hybridized carbons (Fsp3) is 0.389. The van der Waals surface area contributed by atoms with Gasteiger partial charge < -0.3 is 10.1 Å². The SMILES string of the molecule is CCC(NC(C)c1ccncc1)c1ccc2c(c1)CCO2. The molecule has 1 N–H and O–H groups in total. The number of aromatic nitrogens is 1. The smallest absolute Gasteiger partial charge is 0.122 e. The topological polar surface area (TPSA) is 34.2 Å². The van der Waals surface area contributed by atoms with Crippen molar-refractivity contribution in [3.8, 4) is 5.75 Å². The first-order valence-corrected chi connectivity index (χ1v) is 7.69. The Kier molecular flexibility index (Phi) is 4.20. The molecule has 2 heterocycles. The summed E-state index contributed by atoms with van der Waals surface area (Å²) in [5.41, 5.74) is 3.96. The van der Waals surface area contributed by atoms with Gasteiger partial charge >= 0.3 is 0 Å². The van der Waals surface area contributed by atoms with Gasteiger partial charge in [-0.1, -0.05) is 19.1 Å². The highest BCUT2D eigenvalue weighted by Crippen LogP contribution is 2.30. The molecule has 2 atom stereocenters. The standard InChI is InChI=1S/C18H22N2O/c1-3-17(20-13(2)14-6-9-19-10-7-14)15-4-5-18-16(12-15)8-11-21-18/h4-7,9-10,12-13,17,20H,3,8,11H2,1-2H3. The zero-order valence-electron chi connectivity index (χ0n) is 12.7. The van der Waals surface area contributed by atoms with Crippen LogP contribution in [0.3, 0.4) is 0 Å². The largest absolute Gasteiger partial charge is 0.493 e. The Hall–Kier alpha value is -1.87. The van der Waals surface area contributed by atoms with Gasteiger partial charge in [-0.05, 0) is 48.2 Å². The van der Waals surface area contributed by atoms with Crippen LogP contribution in [0.5, 0.6) is 5.75 Å². The van der Waals surface area contributed by atoms with Crippen LogP contribution >= 0.6 is 0 Å². The van der Waals surface area contributed by atoms with Crippen LogP contribution in [-0.4, -0.2) is 11.6 Å². The molecule has 3 heteroatoms. The lowest BCUT2D eigenvalue weighted by Crippen LogP contribution is -2.24. The summed E-state index contributed by atoms with van der Waals surface area (Å²) in [6.07, 6.45) is 5.79. The summed E-state index contributed by atoms with van der Waals surface area (Å²) in [6.45, 7) is 5.24. The lowest BCUT2D eigenvalue weighted by atomic mass is 9.99. The van der Waals surface area contributed by atoms with Crippen molar-refractivity contribution in [2.45, 2.75) is 38.8 Å². The molecule has 0 fully saturated rings. The van der Waals surface area contributed by atoms with Gasteiger partial charge in [0.2, 0.25) is 0 Å². The van der Waals surface area contributed by atoms with Gasteiger partial charge in [-0.3, -0.25) is 4.98 Å². The fourth-order valence-electron chi connectivity index (χ4n) is 2.92. The number of nitrogens with one attached hydrogen (secondary N) is 1. The zero-order valence-corrected chi connectivity index (χ0v) is 12.7. The molecule has 3 rings (SSSR count). The number of pyridine rings is 1. The van der Waals surface area contributed by atoms with E-state index in [1.54, 1.807) is 0 Å². The van der Waals surface area contributed by atoms with E-state index in [9.17, 15) is 0 Å². The van der Waals surface area contributed by atoms with E-state index in [0.717, 1.165) is 25.2 Å². The first-order valence-electron chi connectivity index (χ1n) is 7.69. The first kappa shape index (κ1) is 14.1. The van der Waals surface area contributed by atoms with Crippen LogP contribution in [0.15, 0.2) is 42.7 Å². The molecule has 0 aliphatic carbocycles. The summed E-state index contributed by atoms with van der Waals surface area (Å²) in [5, 5.41) is 3.72. The minimum Gasteiger partial charge on any atom is -0.493 e. The molecular formula is C18H22N2O. The van der Waals surface area contributed by atoms with E-state index in [2.05, 4.69) is 54.5 Å². The predicted molar refractivity (Wildman–Crippen MR) is 84.5 cm³/mol. The van der Waals surface area contributed by atoms with Crippen LogP contribution in [0.1, 0.15) is 49.0 Å². The molecular weight excluding hydrogens is 260 g/mol. The summed E-state index contributed by atoms with van der Waals surface area (Å²) < 4.78 is 5.59. The number of rotatable bonds is 5.